The maximum Gasteiger partial charge on any atom is 0.238 e. The number of nitrogens with zero attached hydrogens (tertiary/aromatic N) is 2. The first kappa shape index (κ1) is 19.7. The third-order valence-electron chi connectivity index (χ3n) is 4.51. The van der Waals surface area contributed by atoms with Crippen molar-refractivity contribution in [2.24, 2.45) is 0 Å². The number of para-hydroxylation sites is 1. The average Bonchev–Trinajstić information content (AvgIpc) is 2.63. The first-order valence-corrected chi connectivity index (χ1v) is 9.67. The number of nitrogens with one attached hydrogen (secondary N) is 2. The van der Waals surface area contributed by atoms with Crippen molar-refractivity contribution in [1.82, 2.24) is 15.1 Å². The van der Waals surface area contributed by atoms with Crippen LogP contribution in [-0.4, -0.2) is 60.1 Å². The van der Waals surface area contributed by atoms with E-state index in [1.807, 2.05) is 18.2 Å². The van der Waals surface area contributed by atoms with E-state index in [1.54, 1.807) is 0 Å². The Balaban J connectivity index is 1.74. The second kappa shape index (κ2) is 10.4. The van der Waals surface area contributed by atoms with Gasteiger partial charge in [0.1, 0.15) is 0 Å². The van der Waals surface area contributed by atoms with Crippen molar-refractivity contribution in [3.05, 3.63) is 29.8 Å². The lowest BCUT2D eigenvalue weighted by atomic mass is 10.1. The maximum absolute atomic E-state index is 12.3. The SMILES string of the molecule is CCCCNC(=S)N1CCN(CC(=O)Nc2ccccc2CC)CC1. The molecule has 1 aromatic rings. The molecule has 2 rings (SSSR count). The van der Waals surface area contributed by atoms with Gasteiger partial charge in [-0.05, 0) is 36.7 Å². The highest BCUT2D eigenvalue weighted by Crippen LogP contribution is 2.15. The van der Waals surface area contributed by atoms with Crippen LogP contribution < -0.4 is 10.6 Å². The lowest BCUT2D eigenvalue weighted by Crippen LogP contribution is -2.53. The Bertz CT molecular complexity index is 570. The summed E-state index contributed by atoms with van der Waals surface area (Å²) in [6.07, 6.45) is 3.22. The summed E-state index contributed by atoms with van der Waals surface area (Å²) in [5, 5.41) is 7.20. The molecule has 1 aromatic carbocycles. The van der Waals surface area contributed by atoms with Gasteiger partial charge in [-0.25, -0.2) is 0 Å². The number of rotatable bonds is 7. The number of amides is 1. The van der Waals surface area contributed by atoms with Crippen molar-refractivity contribution < 1.29 is 4.79 Å². The number of benzene rings is 1. The summed E-state index contributed by atoms with van der Waals surface area (Å²) in [4.78, 5) is 16.7. The van der Waals surface area contributed by atoms with Crippen molar-refractivity contribution in [2.75, 3.05) is 44.6 Å². The van der Waals surface area contributed by atoms with Crippen molar-refractivity contribution in [1.29, 1.82) is 0 Å². The number of aryl methyl sites for hydroxylation is 1. The lowest BCUT2D eigenvalue weighted by Gasteiger charge is -2.35. The van der Waals surface area contributed by atoms with E-state index in [0.717, 1.165) is 56.4 Å². The van der Waals surface area contributed by atoms with E-state index < -0.39 is 0 Å². The van der Waals surface area contributed by atoms with E-state index in [-0.39, 0.29) is 5.91 Å². The molecule has 0 spiro atoms. The van der Waals surface area contributed by atoms with Crippen molar-refractivity contribution >= 4 is 28.9 Å². The highest BCUT2D eigenvalue weighted by molar-refractivity contribution is 7.80. The van der Waals surface area contributed by atoms with E-state index >= 15 is 0 Å². The predicted octanol–water partition coefficient (Wildman–Crippen LogP) is 2.48. The summed E-state index contributed by atoms with van der Waals surface area (Å²) in [5.41, 5.74) is 2.10. The van der Waals surface area contributed by atoms with E-state index in [1.165, 1.54) is 12.0 Å². The summed E-state index contributed by atoms with van der Waals surface area (Å²) < 4.78 is 0. The number of carbonyl (C=O) groups is 1. The molecule has 2 N–H and O–H groups in total. The number of hydrogen-bond donors (Lipinski definition) is 2. The highest BCUT2D eigenvalue weighted by Gasteiger charge is 2.20. The number of carbonyl (C=O) groups excluding carboxylic acids is 1. The minimum atomic E-state index is 0.0537. The van der Waals surface area contributed by atoms with Crippen LogP contribution in [0.1, 0.15) is 32.3 Å². The molecule has 0 saturated carbocycles. The Morgan fingerprint density at radius 1 is 1.16 bits per heavy atom. The smallest absolute Gasteiger partial charge is 0.238 e. The lowest BCUT2D eigenvalue weighted by molar-refractivity contribution is -0.117. The number of unbranched alkanes of at least 4 members (excludes halogenated alkanes) is 1. The molecule has 0 bridgehead atoms. The monoisotopic (exact) mass is 362 g/mol. The fraction of sp³-hybridized carbons (Fsp3) is 0.579. The van der Waals surface area contributed by atoms with Crippen LogP contribution >= 0.6 is 12.2 Å². The molecule has 1 heterocycles. The number of hydrogen-bond acceptors (Lipinski definition) is 3. The van der Waals surface area contributed by atoms with Gasteiger partial charge in [0, 0.05) is 38.4 Å². The molecule has 5 nitrogen and oxygen atoms in total. The van der Waals surface area contributed by atoms with Crippen LogP contribution in [0.2, 0.25) is 0 Å². The fourth-order valence-electron chi connectivity index (χ4n) is 2.94. The molecule has 1 saturated heterocycles. The van der Waals surface area contributed by atoms with Crippen molar-refractivity contribution in [3.8, 4) is 0 Å². The molecular formula is C19H30N4OS. The van der Waals surface area contributed by atoms with Gasteiger partial charge in [0.2, 0.25) is 5.91 Å². The van der Waals surface area contributed by atoms with E-state index in [0.29, 0.717) is 6.54 Å². The first-order valence-electron chi connectivity index (χ1n) is 9.27. The summed E-state index contributed by atoms with van der Waals surface area (Å²) in [7, 11) is 0. The minimum Gasteiger partial charge on any atom is -0.363 e. The van der Waals surface area contributed by atoms with Crippen LogP contribution in [0.15, 0.2) is 24.3 Å². The normalized spacial score (nSPS) is 15.0. The number of piperazine rings is 1. The summed E-state index contributed by atoms with van der Waals surface area (Å²) in [6, 6.07) is 7.99. The van der Waals surface area contributed by atoms with Gasteiger partial charge in [0.15, 0.2) is 5.11 Å². The largest absolute Gasteiger partial charge is 0.363 e. The molecule has 0 aliphatic carbocycles. The minimum absolute atomic E-state index is 0.0537. The molecule has 1 aliphatic rings. The molecule has 25 heavy (non-hydrogen) atoms. The third-order valence-corrected chi connectivity index (χ3v) is 4.91. The molecule has 0 radical (unpaired) electrons. The summed E-state index contributed by atoms with van der Waals surface area (Å²) >= 11 is 5.45. The molecule has 0 unspecified atom stereocenters. The van der Waals surface area contributed by atoms with Crippen molar-refractivity contribution in [3.63, 3.8) is 0 Å². The van der Waals surface area contributed by atoms with Gasteiger partial charge in [0.25, 0.3) is 0 Å². The van der Waals surface area contributed by atoms with Gasteiger partial charge in [-0.2, -0.15) is 0 Å². The first-order chi connectivity index (χ1) is 12.1. The van der Waals surface area contributed by atoms with Crippen molar-refractivity contribution in [2.45, 2.75) is 33.1 Å². The molecule has 1 amide bonds. The summed E-state index contributed by atoms with van der Waals surface area (Å²) in [6.45, 7) is 9.11. The van der Waals surface area contributed by atoms with Crippen LogP contribution in [0.4, 0.5) is 5.69 Å². The van der Waals surface area contributed by atoms with E-state index in [4.69, 9.17) is 12.2 Å². The Labute approximate surface area is 156 Å². The molecule has 138 valence electrons. The Morgan fingerprint density at radius 2 is 1.88 bits per heavy atom. The Hall–Kier alpha value is -1.66. The molecular weight excluding hydrogens is 332 g/mol. The fourth-order valence-corrected chi connectivity index (χ4v) is 3.22. The predicted molar refractivity (Wildman–Crippen MR) is 108 cm³/mol. The zero-order valence-electron chi connectivity index (χ0n) is 15.4. The molecule has 6 heteroatoms. The second-order valence-electron chi connectivity index (χ2n) is 6.41. The molecule has 1 aliphatic heterocycles. The Morgan fingerprint density at radius 3 is 2.56 bits per heavy atom. The van der Waals surface area contributed by atoms with E-state index in [2.05, 4.69) is 40.3 Å². The van der Waals surface area contributed by atoms with Crippen LogP contribution in [0.3, 0.4) is 0 Å². The maximum atomic E-state index is 12.3. The van der Waals surface area contributed by atoms with Crippen LogP contribution in [0, 0.1) is 0 Å². The zero-order valence-corrected chi connectivity index (χ0v) is 16.2. The van der Waals surface area contributed by atoms with E-state index in [9.17, 15) is 4.79 Å². The molecule has 1 fully saturated rings. The van der Waals surface area contributed by atoms with Gasteiger partial charge < -0.3 is 15.5 Å². The highest BCUT2D eigenvalue weighted by atomic mass is 32.1. The quantitative estimate of drug-likeness (QED) is 0.576. The van der Waals surface area contributed by atoms with Gasteiger partial charge in [-0.1, -0.05) is 38.5 Å². The van der Waals surface area contributed by atoms with Crippen LogP contribution in [0.25, 0.3) is 0 Å². The standard InChI is InChI=1S/C19H30N4OS/c1-3-5-10-20-19(25)23-13-11-22(12-14-23)15-18(24)21-17-9-7-6-8-16(17)4-2/h6-9H,3-5,10-15H2,1-2H3,(H,20,25)(H,21,24). The van der Waals surface area contributed by atoms with Gasteiger partial charge >= 0.3 is 0 Å². The molecule has 0 atom stereocenters. The second-order valence-corrected chi connectivity index (χ2v) is 6.79. The number of anilines is 1. The average molecular weight is 363 g/mol. The van der Waals surface area contributed by atoms with Crippen LogP contribution in [0.5, 0.6) is 0 Å². The zero-order chi connectivity index (χ0) is 18.1. The van der Waals surface area contributed by atoms with Crippen LogP contribution in [-0.2, 0) is 11.2 Å². The van der Waals surface area contributed by atoms with Gasteiger partial charge in [0.05, 0.1) is 6.54 Å². The van der Waals surface area contributed by atoms with Gasteiger partial charge in [-0.15, -0.1) is 0 Å². The third kappa shape index (κ3) is 6.29. The number of thiocarbonyl (C=S) groups is 1. The Kier molecular flexibility index (Phi) is 8.15. The van der Waals surface area contributed by atoms with Gasteiger partial charge in [-0.3, -0.25) is 9.69 Å². The molecule has 0 aromatic heterocycles. The summed E-state index contributed by atoms with van der Waals surface area (Å²) in [5.74, 6) is 0.0537. The topological polar surface area (TPSA) is 47.6 Å².